The monoisotopic (exact) mass is 441 g/mol. The molecule has 0 aromatic heterocycles. The molecule has 8 heteroatoms. The fraction of sp³-hybridized carbons (Fsp3) is 0.222. The Morgan fingerprint density at radius 2 is 1.92 bits per heavy atom. The van der Waals surface area contributed by atoms with E-state index in [0.717, 1.165) is 11.8 Å². The largest absolute Gasteiger partial charge is 0.376 e. The summed E-state index contributed by atoms with van der Waals surface area (Å²) in [6.07, 6.45) is 0.0751. The van der Waals surface area contributed by atoms with Crippen molar-refractivity contribution < 1.29 is 14.0 Å². The lowest BCUT2D eigenvalue weighted by Gasteiger charge is -2.15. The molecule has 0 saturated carbocycles. The second-order valence-electron chi connectivity index (χ2n) is 5.74. The van der Waals surface area contributed by atoms with Crippen LogP contribution >= 0.6 is 27.5 Å². The average Bonchev–Trinajstić information content (AvgIpc) is 2.56. The van der Waals surface area contributed by atoms with Crippen LogP contribution in [0.3, 0.4) is 0 Å². The molecule has 2 N–H and O–H groups in total. The summed E-state index contributed by atoms with van der Waals surface area (Å²) in [5.74, 6) is -1.23. The average molecular weight is 443 g/mol. The van der Waals surface area contributed by atoms with Crippen molar-refractivity contribution in [3.05, 3.63) is 57.3 Å². The van der Waals surface area contributed by atoms with Gasteiger partial charge in [-0.1, -0.05) is 11.6 Å². The van der Waals surface area contributed by atoms with Crippen molar-refractivity contribution in [2.75, 3.05) is 30.9 Å². The van der Waals surface area contributed by atoms with Crippen molar-refractivity contribution in [2.45, 2.75) is 6.42 Å². The highest BCUT2D eigenvalue weighted by molar-refractivity contribution is 9.10. The number of benzene rings is 2. The van der Waals surface area contributed by atoms with Gasteiger partial charge in [-0.2, -0.15) is 0 Å². The van der Waals surface area contributed by atoms with Crippen LogP contribution in [0.2, 0.25) is 5.02 Å². The highest BCUT2D eigenvalue weighted by Crippen LogP contribution is 2.27. The van der Waals surface area contributed by atoms with Crippen LogP contribution in [0.5, 0.6) is 0 Å². The number of carbonyl (C=O) groups is 2. The molecule has 0 heterocycles. The Bertz CT molecular complexity index is 830. The maximum absolute atomic E-state index is 13.2. The van der Waals surface area contributed by atoms with E-state index in [4.69, 9.17) is 11.6 Å². The van der Waals surface area contributed by atoms with Crippen molar-refractivity contribution in [1.82, 2.24) is 5.32 Å². The summed E-state index contributed by atoms with van der Waals surface area (Å²) in [6.45, 7) is 0.122. The highest BCUT2D eigenvalue weighted by atomic mass is 79.9. The molecule has 0 aliphatic carbocycles. The molecule has 0 bridgehead atoms. The van der Waals surface area contributed by atoms with Gasteiger partial charge in [0.25, 0.3) is 5.91 Å². The van der Waals surface area contributed by atoms with E-state index in [1.54, 1.807) is 18.2 Å². The Morgan fingerprint density at radius 1 is 1.19 bits per heavy atom. The molecule has 0 radical (unpaired) electrons. The van der Waals surface area contributed by atoms with Gasteiger partial charge >= 0.3 is 0 Å². The lowest BCUT2D eigenvalue weighted by atomic mass is 10.2. The maximum atomic E-state index is 13.2. The quantitative estimate of drug-likeness (QED) is 0.709. The van der Waals surface area contributed by atoms with Crippen molar-refractivity contribution >= 4 is 50.7 Å². The molecule has 2 amide bonds. The zero-order valence-corrected chi connectivity index (χ0v) is 16.6. The lowest BCUT2D eigenvalue weighted by molar-refractivity contribution is -0.116. The van der Waals surface area contributed by atoms with E-state index in [2.05, 4.69) is 26.6 Å². The van der Waals surface area contributed by atoms with Crippen molar-refractivity contribution in [3.8, 4) is 0 Å². The molecular formula is C18H18BrClFN3O2. The Morgan fingerprint density at radius 3 is 2.58 bits per heavy atom. The summed E-state index contributed by atoms with van der Waals surface area (Å²) in [6, 6.07) is 9.06. The number of amides is 2. The SMILES string of the molecule is CN(C)c1ccc(NC(=O)CCNC(=O)c2cc(F)ccc2Br)cc1Cl. The van der Waals surface area contributed by atoms with Crippen LogP contribution in [0.1, 0.15) is 16.8 Å². The number of nitrogens with one attached hydrogen (secondary N) is 2. The zero-order valence-electron chi connectivity index (χ0n) is 14.3. The highest BCUT2D eigenvalue weighted by Gasteiger charge is 2.12. The van der Waals surface area contributed by atoms with Gasteiger partial charge in [0.05, 0.1) is 16.3 Å². The minimum Gasteiger partial charge on any atom is -0.376 e. The number of hydrogen-bond donors (Lipinski definition) is 2. The minimum absolute atomic E-state index is 0.0751. The topological polar surface area (TPSA) is 61.4 Å². The van der Waals surface area contributed by atoms with E-state index in [1.807, 2.05) is 19.0 Å². The summed E-state index contributed by atoms with van der Waals surface area (Å²) >= 11 is 9.36. The summed E-state index contributed by atoms with van der Waals surface area (Å²) in [5, 5.41) is 5.84. The Kier molecular flexibility index (Phi) is 6.99. The van der Waals surface area contributed by atoms with Gasteiger partial charge in [0.15, 0.2) is 0 Å². The first-order valence-electron chi connectivity index (χ1n) is 7.78. The van der Waals surface area contributed by atoms with Crippen LogP contribution < -0.4 is 15.5 Å². The van der Waals surface area contributed by atoms with E-state index in [9.17, 15) is 14.0 Å². The molecule has 2 rings (SSSR count). The van der Waals surface area contributed by atoms with Gasteiger partial charge in [0.1, 0.15) is 5.82 Å². The Hall–Kier alpha value is -2.12. The standard InChI is InChI=1S/C18H18BrClFN3O2/c1-24(2)16-6-4-12(10-15(16)20)23-17(25)7-8-22-18(26)13-9-11(21)3-5-14(13)19/h3-6,9-10H,7-8H2,1-2H3,(H,22,26)(H,23,25). The Balaban J connectivity index is 1.86. The van der Waals surface area contributed by atoms with E-state index in [-0.39, 0.29) is 24.4 Å². The minimum atomic E-state index is -0.505. The smallest absolute Gasteiger partial charge is 0.252 e. The molecule has 0 aliphatic heterocycles. The van der Waals surface area contributed by atoms with Gasteiger partial charge in [-0.3, -0.25) is 9.59 Å². The third-order valence-electron chi connectivity index (χ3n) is 3.52. The number of nitrogens with zero attached hydrogens (tertiary/aromatic N) is 1. The van der Waals surface area contributed by atoms with Crippen LogP contribution in [0.15, 0.2) is 40.9 Å². The fourth-order valence-corrected chi connectivity index (χ4v) is 3.00. The molecule has 2 aromatic rings. The molecule has 2 aromatic carbocycles. The van der Waals surface area contributed by atoms with Crippen molar-refractivity contribution in [1.29, 1.82) is 0 Å². The first kappa shape index (κ1) is 20.2. The number of carbonyl (C=O) groups excluding carboxylic acids is 2. The number of rotatable bonds is 6. The third-order valence-corrected chi connectivity index (χ3v) is 4.52. The van der Waals surface area contributed by atoms with Gasteiger partial charge in [0.2, 0.25) is 5.91 Å². The molecule has 0 fully saturated rings. The van der Waals surface area contributed by atoms with Crippen LogP contribution in [0.4, 0.5) is 15.8 Å². The lowest BCUT2D eigenvalue weighted by Crippen LogP contribution is -2.28. The normalized spacial score (nSPS) is 10.3. The first-order chi connectivity index (χ1) is 12.3. The van der Waals surface area contributed by atoms with Gasteiger partial charge in [-0.25, -0.2) is 4.39 Å². The predicted molar refractivity (Wildman–Crippen MR) is 105 cm³/mol. The van der Waals surface area contributed by atoms with E-state index >= 15 is 0 Å². The van der Waals surface area contributed by atoms with Gasteiger partial charge in [-0.15, -0.1) is 0 Å². The van der Waals surface area contributed by atoms with Crippen LogP contribution in [0, 0.1) is 5.82 Å². The van der Waals surface area contributed by atoms with Crippen molar-refractivity contribution in [2.24, 2.45) is 0 Å². The molecule has 138 valence electrons. The molecule has 0 unspecified atom stereocenters. The maximum Gasteiger partial charge on any atom is 0.252 e. The molecule has 0 saturated heterocycles. The fourth-order valence-electron chi connectivity index (χ4n) is 2.23. The van der Waals surface area contributed by atoms with E-state index in [0.29, 0.717) is 15.2 Å². The second-order valence-corrected chi connectivity index (χ2v) is 7.00. The summed E-state index contributed by atoms with van der Waals surface area (Å²) in [5.41, 5.74) is 1.60. The van der Waals surface area contributed by atoms with Crippen LogP contribution in [-0.4, -0.2) is 32.5 Å². The van der Waals surface area contributed by atoms with Crippen LogP contribution in [0.25, 0.3) is 0 Å². The molecular weight excluding hydrogens is 425 g/mol. The molecule has 0 aliphatic rings. The second kappa shape index (κ2) is 9.00. The van der Waals surface area contributed by atoms with Crippen molar-refractivity contribution in [3.63, 3.8) is 0 Å². The van der Waals surface area contributed by atoms with E-state index < -0.39 is 11.7 Å². The number of anilines is 2. The van der Waals surface area contributed by atoms with Gasteiger partial charge in [-0.05, 0) is 52.3 Å². The van der Waals surface area contributed by atoms with E-state index in [1.165, 1.54) is 12.1 Å². The molecule has 0 atom stereocenters. The first-order valence-corrected chi connectivity index (χ1v) is 8.95. The zero-order chi connectivity index (χ0) is 19.3. The summed E-state index contributed by atoms with van der Waals surface area (Å²) in [7, 11) is 3.75. The molecule has 26 heavy (non-hydrogen) atoms. The predicted octanol–water partition coefficient (Wildman–Crippen LogP) is 4.07. The molecule has 0 spiro atoms. The van der Waals surface area contributed by atoms with Gasteiger partial charge in [0, 0.05) is 37.2 Å². The Labute approximate surface area is 164 Å². The van der Waals surface area contributed by atoms with Gasteiger partial charge < -0.3 is 15.5 Å². The summed E-state index contributed by atoms with van der Waals surface area (Å²) < 4.78 is 13.7. The number of halogens is 3. The molecule has 5 nitrogen and oxygen atoms in total. The third kappa shape index (κ3) is 5.44. The summed E-state index contributed by atoms with van der Waals surface area (Å²) in [4.78, 5) is 25.9. The number of hydrogen-bond acceptors (Lipinski definition) is 3. The van der Waals surface area contributed by atoms with Crippen LogP contribution in [-0.2, 0) is 4.79 Å².